The zero-order valence-electron chi connectivity index (χ0n) is 19.6. The lowest BCUT2D eigenvalue weighted by atomic mass is 9.79. The molecule has 0 aliphatic carbocycles. The van der Waals surface area contributed by atoms with Crippen molar-refractivity contribution in [2.24, 2.45) is 11.8 Å². The number of rotatable bonds is 8. The van der Waals surface area contributed by atoms with Crippen molar-refractivity contribution >= 4 is 0 Å². The predicted molar refractivity (Wildman–Crippen MR) is 129 cm³/mol. The molecule has 4 rings (SSSR count). The number of benzene rings is 3. The van der Waals surface area contributed by atoms with Gasteiger partial charge in [0.1, 0.15) is 18.0 Å². The minimum Gasteiger partial charge on any atom is -0.497 e. The van der Waals surface area contributed by atoms with Crippen LogP contribution in [0.2, 0.25) is 0 Å². The molecule has 5 atom stereocenters. The Morgan fingerprint density at radius 2 is 1.55 bits per heavy atom. The molecule has 0 amide bonds. The van der Waals surface area contributed by atoms with E-state index in [0.29, 0.717) is 6.61 Å². The fourth-order valence-corrected chi connectivity index (χ4v) is 4.53. The second kappa shape index (κ2) is 11.0. The molecule has 3 nitrogen and oxygen atoms in total. The lowest BCUT2D eigenvalue weighted by Crippen LogP contribution is -2.45. The van der Waals surface area contributed by atoms with Gasteiger partial charge in [0.2, 0.25) is 0 Å². The third-order valence-corrected chi connectivity index (χ3v) is 6.73. The van der Waals surface area contributed by atoms with Crippen LogP contribution in [0.1, 0.15) is 42.2 Å². The highest BCUT2D eigenvalue weighted by atomic mass is 19.1. The van der Waals surface area contributed by atoms with Crippen LogP contribution in [0.5, 0.6) is 5.75 Å². The summed E-state index contributed by atoms with van der Waals surface area (Å²) < 4.78 is 32.5. The average molecular weight is 449 g/mol. The maximum Gasteiger partial charge on any atom is 0.131 e. The normalized spacial score (nSPS) is 25.0. The van der Waals surface area contributed by atoms with E-state index < -0.39 is 12.3 Å². The minimum absolute atomic E-state index is 0.0709. The van der Waals surface area contributed by atoms with Gasteiger partial charge in [0.05, 0.1) is 26.4 Å². The molecule has 1 aliphatic heterocycles. The van der Waals surface area contributed by atoms with Gasteiger partial charge in [0.25, 0.3) is 0 Å². The highest BCUT2D eigenvalue weighted by molar-refractivity contribution is 5.34. The van der Waals surface area contributed by atoms with E-state index in [4.69, 9.17) is 14.2 Å². The SMILES string of the molecule is COc1ccc(Cc2cccc(C3OC(COCc4ccccc4)C(F)C(C)C3C)c2)cc1. The number of halogens is 1. The Balaban J connectivity index is 1.44. The third-order valence-electron chi connectivity index (χ3n) is 6.73. The molecule has 4 heteroatoms. The van der Waals surface area contributed by atoms with E-state index >= 15 is 4.39 Å². The molecule has 3 aromatic rings. The Morgan fingerprint density at radius 1 is 0.818 bits per heavy atom. The highest BCUT2D eigenvalue weighted by Crippen LogP contribution is 2.41. The Kier molecular flexibility index (Phi) is 7.79. The lowest BCUT2D eigenvalue weighted by Gasteiger charge is -2.42. The quantitative estimate of drug-likeness (QED) is 0.391. The smallest absolute Gasteiger partial charge is 0.131 e. The van der Waals surface area contributed by atoms with Crippen LogP contribution in [-0.4, -0.2) is 26.0 Å². The molecule has 0 radical (unpaired) electrons. The number of hydrogen-bond acceptors (Lipinski definition) is 3. The van der Waals surface area contributed by atoms with Crippen molar-refractivity contribution in [3.63, 3.8) is 0 Å². The molecule has 3 aromatic carbocycles. The van der Waals surface area contributed by atoms with Gasteiger partial charge in [-0.15, -0.1) is 0 Å². The third kappa shape index (κ3) is 5.82. The predicted octanol–water partition coefficient (Wildman–Crippen LogP) is 6.55. The standard InChI is InChI=1S/C29H33FO3/c1-20-21(2)29(33-27(28(20)30)19-32-18-23-8-5-4-6-9-23)25-11-7-10-24(17-25)16-22-12-14-26(31-3)15-13-22/h4-15,17,20-21,27-29H,16,18-19H2,1-3H3. The van der Waals surface area contributed by atoms with Crippen molar-refractivity contribution in [2.75, 3.05) is 13.7 Å². The second-order valence-corrected chi connectivity index (χ2v) is 9.03. The van der Waals surface area contributed by atoms with Crippen molar-refractivity contribution in [2.45, 2.75) is 45.3 Å². The summed E-state index contributed by atoms with van der Waals surface area (Å²) in [6, 6.07) is 26.6. The van der Waals surface area contributed by atoms with Gasteiger partial charge < -0.3 is 14.2 Å². The fourth-order valence-electron chi connectivity index (χ4n) is 4.53. The largest absolute Gasteiger partial charge is 0.497 e. The van der Waals surface area contributed by atoms with Gasteiger partial charge in [-0.05, 0) is 52.6 Å². The van der Waals surface area contributed by atoms with Crippen LogP contribution in [0.3, 0.4) is 0 Å². The van der Waals surface area contributed by atoms with Gasteiger partial charge in [-0.25, -0.2) is 4.39 Å². The molecule has 1 fully saturated rings. The van der Waals surface area contributed by atoms with Crippen LogP contribution in [-0.2, 0) is 22.5 Å². The molecule has 1 heterocycles. The van der Waals surface area contributed by atoms with Gasteiger partial charge in [-0.1, -0.05) is 80.6 Å². The Morgan fingerprint density at radius 3 is 2.27 bits per heavy atom. The van der Waals surface area contributed by atoms with E-state index in [1.807, 2.05) is 49.4 Å². The van der Waals surface area contributed by atoms with Gasteiger partial charge in [0.15, 0.2) is 0 Å². The fraction of sp³-hybridized carbons (Fsp3) is 0.379. The number of hydrogen-bond donors (Lipinski definition) is 0. The Bertz CT molecular complexity index is 1000. The van der Waals surface area contributed by atoms with Crippen molar-refractivity contribution in [1.82, 2.24) is 0 Å². The van der Waals surface area contributed by atoms with Crippen LogP contribution in [0.25, 0.3) is 0 Å². The number of alkyl halides is 1. The van der Waals surface area contributed by atoms with E-state index in [-0.39, 0.29) is 24.5 Å². The van der Waals surface area contributed by atoms with Gasteiger partial charge in [0, 0.05) is 0 Å². The molecule has 1 aliphatic rings. The maximum atomic E-state index is 15.1. The molecule has 0 bridgehead atoms. The van der Waals surface area contributed by atoms with E-state index in [2.05, 4.69) is 43.3 Å². The summed E-state index contributed by atoms with van der Waals surface area (Å²) in [5.74, 6) is 0.813. The van der Waals surface area contributed by atoms with E-state index in [1.54, 1.807) is 7.11 Å². The first-order valence-electron chi connectivity index (χ1n) is 11.7. The van der Waals surface area contributed by atoms with Crippen LogP contribution >= 0.6 is 0 Å². The maximum absolute atomic E-state index is 15.1. The minimum atomic E-state index is -1.05. The summed E-state index contributed by atoms with van der Waals surface area (Å²) >= 11 is 0. The van der Waals surface area contributed by atoms with E-state index in [0.717, 1.165) is 23.3 Å². The van der Waals surface area contributed by atoms with Crippen molar-refractivity contribution in [1.29, 1.82) is 0 Å². The molecule has 0 N–H and O–H groups in total. The molecular weight excluding hydrogens is 415 g/mol. The summed E-state index contributed by atoms with van der Waals surface area (Å²) in [5, 5.41) is 0. The summed E-state index contributed by atoms with van der Waals surface area (Å²) in [7, 11) is 1.67. The molecule has 1 saturated heterocycles. The number of ether oxygens (including phenoxy) is 3. The summed E-state index contributed by atoms with van der Waals surface area (Å²) in [4.78, 5) is 0. The zero-order valence-corrected chi connectivity index (χ0v) is 19.6. The van der Waals surface area contributed by atoms with Crippen molar-refractivity contribution < 1.29 is 18.6 Å². The average Bonchev–Trinajstić information content (AvgIpc) is 2.85. The molecular formula is C29H33FO3. The summed E-state index contributed by atoms with van der Waals surface area (Å²) in [5.41, 5.74) is 4.60. The first-order valence-corrected chi connectivity index (χ1v) is 11.7. The highest BCUT2D eigenvalue weighted by Gasteiger charge is 2.42. The summed E-state index contributed by atoms with van der Waals surface area (Å²) in [6.07, 6.45) is -0.957. The molecule has 5 unspecified atom stereocenters. The summed E-state index contributed by atoms with van der Waals surface area (Å²) in [6.45, 7) is 4.77. The lowest BCUT2D eigenvalue weighted by molar-refractivity contribution is -0.169. The first-order chi connectivity index (χ1) is 16.0. The second-order valence-electron chi connectivity index (χ2n) is 9.03. The Hall–Kier alpha value is -2.69. The molecule has 0 saturated carbocycles. The molecule has 0 aromatic heterocycles. The van der Waals surface area contributed by atoms with Crippen molar-refractivity contribution in [3.8, 4) is 5.75 Å². The van der Waals surface area contributed by atoms with Gasteiger partial charge >= 0.3 is 0 Å². The topological polar surface area (TPSA) is 27.7 Å². The number of methoxy groups -OCH3 is 1. The first kappa shape index (κ1) is 23.5. The Labute approximate surface area is 196 Å². The van der Waals surface area contributed by atoms with Crippen LogP contribution < -0.4 is 4.74 Å². The monoisotopic (exact) mass is 448 g/mol. The van der Waals surface area contributed by atoms with Gasteiger partial charge in [-0.3, -0.25) is 0 Å². The van der Waals surface area contributed by atoms with Crippen LogP contribution in [0, 0.1) is 11.8 Å². The van der Waals surface area contributed by atoms with Crippen LogP contribution in [0.4, 0.5) is 4.39 Å². The van der Waals surface area contributed by atoms with Crippen molar-refractivity contribution in [3.05, 3.63) is 101 Å². The van der Waals surface area contributed by atoms with Crippen LogP contribution in [0.15, 0.2) is 78.9 Å². The zero-order chi connectivity index (χ0) is 23.2. The van der Waals surface area contributed by atoms with E-state index in [1.165, 1.54) is 11.1 Å². The molecule has 174 valence electrons. The van der Waals surface area contributed by atoms with E-state index in [9.17, 15) is 0 Å². The molecule has 0 spiro atoms. The van der Waals surface area contributed by atoms with Gasteiger partial charge in [-0.2, -0.15) is 0 Å². The molecule has 33 heavy (non-hydrogen) atoms.